The van der Waals surface area contributed by atoms with E-state index in [1.54, 1.807) is 13.8 Å². The van der Waals surface area contributed by atoms with E-state index in [0.29, 0.717) is 11.8 Å². The zero-order valence-electron chi connectivity index (χ0n) is 14.1. The lowest BCUT2D eigenvalue weighted by Gasteiger charge is -1.88. The van der Waals surface area contributed by atoms with Gasteiger partial charge in [-0.3, -0.25) is 0 Å². The molecule has 0 saturated carbocycles. The normalized spacial score (nSPS) is 9.57. The maximum atomic E-state index is 7.56. The van der Waals surface area contributed by atoms with Gasteiger partial charge in [0.2, 0.25) is 11.8 Å². The van der Waals surface area contributed by atoms with Gasteiger partial charge in [0, 0.05) is 13.8 Å². The second-order valence-corrected chi connectivity index (χ2v) is 8.36. The molecule has 0 radical (unpaired) electrons. The first kappa shape index (κ1) is 31.0. The summed E-state index contributed by atoms with van der Waals surface area (Å²) in [5, 5.41) is 7.20. The predicted octanol–water partition coefficient (Wildman–Crippen LogP) is 1.89. The molecule has 6 N–H and O–H groups in total. The van der Waals surface area contributed by atoms with Gasteiger partial charge in [0.15, 0.2) is 0 Å². The molecular weight excluding hydrogens is 386 g/mol. The van der Waals surface area contributed by atoms with Crippen molar-refractivity contribution in [1.29, 1.82) is 0 Å². The van der Waals surface area contributed by atoms with Crippen molar-refractivity contribution in [2.24, 2.45) is 0 Å². The minimum Gasteiger partial charge on any atom is -0.426 e. The van der Waals surface area contributed by atoms with Crippen LogP contribution in [-0.4, -0.2) is 39.6 Å². The second-order valence-electron chi connectivity index (χ2n) is 3.37. The molecule has 0 unspecified atom stereocenters. The molecule has 0 aromatic carbocycles. The van der Waals surface area contributed by atoms with Crippen LogP contribution in [0.3, 0.4) is 0 Å². The molecule has 1 aromatic rings. The van der Waals surface area contributed by atoms with Gasteiger partial charge in [-0.1, -0.05) is 40.5 Å². The lowest BCUT2D eigenvalue weighted by molar-refractivity contribution is 0.361. The Labute approximate surface area is 147 Å². The quantitative estimate of drug-likeness (QED) is 0.372. The summed E-state index contributed by atoms with van der Waals surface area (Å²) in [5.41, 5.74) is 0. The average Bonchev–Trinajstić information content (AvgIpc) is 2.72. The van der Waals surface area contributed by atoms with Gasteiger partial charge >= 0.3 is 13.4 Å². The van der Waals surface area contributed by atoms with Crippen molar-refractivity contribution in [1.82, 2.24) is 10.2 Å². The Morgan fingerprint density at radius 2 is 0.957 bits per heavy atom. The SMILES string of the molecule is CC.CCCC.Cc1nnc(C)o1.OP(O)(O)=S.OP(O)(O)=S. The standard InChI is InChI=1S/C4H6N2O.C4H10.C2H6.2H3O3PS/c1-3-5-6-4(2)7-3;1-3-4-2;1-2;2*1-4(2,3)5/h1-2H3;3-4H2,1-2H3;1-2H3;2*(H3,1,2,3,5). The summed E-state index contributed by atoms with van der Waals surface area (Å²) >= 11 is 7.21. The summed E-state index contributed by atoms with van der Waals surface area (Å²) in [6.45, 7) is 4.28. The molecule has 0 saturated heterocycles. The van der Waals surface area contributed by atoms with E-state index in [4.69, 9.17) is 33.8 Å². The van der Waals surface area contributed by atoms with E-state index < -0.39 is 13.4 Å². The van der Waals surface area contributed by atoms with E-state index >= 15 is 0 Å². The molecule has 0 amide bonds. The molecule has 0 atom stereocenters. The number of hydrogen-bond acceptors (Lipinski definition) is 5. The molecule has 1 rings (SSSR count). The van der Waals surface area contributed by atoms with E-state index in [9.17, 15) is 0 Å². The molecule has 0 fully saturated rings. The highest BCUT2D eigenvalue weighted by Crippen LogP contribution is 2.26. The molecule has 0 aliphatic carbocycles. The molecular formula is C10H28N2O7P2S2. The van der Waals surface area contributed by atoms with Crippen molar-refractivity contribution in [2.75, 3.05) is 0 Å². The third kappa shape index (κ3) is 87.1. The Balaban J connectivity index is -0.000000103. The van der Waals surface area contributed by atoms with Gasteiger partial charge in [-0.05, 0) is 23.6 Å². The summed E-state index contributed by atoms with van der Waals surface area (Å²) in [6.07, 6.45) is 2.64. The fourth-order valence-electron chi connectivity index (χ4n) is 0.395. The first-order chi connectivity index (χ1) is 10.2. The Morgan fingerprint density at radius 1 is 0.783 bits per heavy atom. The maximum absolute atomic E-state index is 7.56. The van der Waals surface area contributed by atoms with Crippen LogP contribution in [0.25, 0.3) is 0 Å². The molecule has 0 spiro atoms. The van der Waals surface area contributed by atoms with Crippen LogP contribution in [0.2, 0.25) is 0 Å². The summed E-state index contributed by atoms with van der Waals surface area (Å²) in [6, 6.07) is 0. The third-order valence-electron chi connectivity index (χ3n) is 1.13. The molecule has 9 nitrogen and oxygen atoms in total. The molecule has 0 bridgehead atoms. The van der Waals surface area contributed by atoms with E-state index in [0.717, 1.165) is 0 Å². The zero-order valence-corrected chi connectivity index (χ0v) is 17.5. The van der Waals surface area contributed by atoms with Gasteiger partial charge < -0.3 is 33.8 Å². The highest BCUT2D eigenvalue weighted by atomic mass is 32.5. The van der Waals surface area contributed by atoms with Crippen LogP contribution >= 0.6 is 13.4 Å². The average molecular weight is 414 g/mol. The Kier molecular flexibility index (Phi) is 25.0. The molecule has 1 aromatic heterocycles. The van der Waals surface area contributed by atoms with Crippen molar-refractivity contribution in [3.05, 3.63) is 11.8 Å². The minimum absolute atomic E-state index is 0.623. The first-order valence-corrected chi connectivity index (χ1v) is 11.9. The van der Waals surface area contributed by atoms with E-state index in [1.807, 2.05) is 13.8 Å². The minimum atomic E-state index is -3.81. The summed E-state index contributed by atoms with van der Waals surface area (Å²) < 4.78 is 4.86. The van der Waals surface area contributed by atoms with Crippen molar-refractivity contribution >= 4 is 37.1 Å². The van der Waals surface area contributed by atoms with Crippen LogP contribution in [0.4, 0.5) is 0 Å². The van der Waals surface area contributed by atoms with Gasteiger partial charge in [0.05, 0.1) is 0 Å². The van der Waals surface area contributed by atoms with Crippen molar-refractivity contribution in [3.63, 3.8) is 0 Å². The highest BCUT2D eigenvalue weighted by molar-refractivity contribution is 8.06. The second kappa shape index (κ2) is 18.5. The van der Waals surface area contributed by atoms with Gasteiger partial charge in [-0.25, -0.2) is 0 Å². The number of hydrogen-bond donors (Lipinski definition) is 6. The van der Waals surface area contributed by atoms with Crippen molar-refractivity contribution in [3.8, 4) is 0 Å². The summed E-state index contributed by atoms with van der Waals surface area (Å²) in [4.78, 5) is 45.3. The van der Waals surface area contributed by atoms with Crippen LogP contribution in [0.1, 0.15) is 52.3 Å². The maximum Gasteiger partial charge on any atom is 0.319 e. The Bertz CT molecular complexity index is 393. The fraction of sp³-hybridized carbons (Fsp3) is 0.800. The van der Waals surface area contributed by atoms with Crippen LogP contribution in [0.15, 0.2) is 4.42 Å². The Morgan fingerprint density at radius 3 is 1.00 bits per heavy atom. The topological polar surface area (TPSA) is 160 Å². The fourth-order valence-corrected chi connectivity index (χ4v) is 0.395. The molecule has 142 valence electrons. The zero-order chi connectivity index (χ0) is 19.7. The molecule has 0 aliphatic rings. The molecule has 0 aliphatic heterocycles. The van der Waals surface area contributed by atoms with Crippen LogP contribution < -0.4 is 0 Å². The van der Waals surface area contributed by atoms with Crippen molar-refractivity contribution < 1.29 is 33.8 Å². The lowest BCUT2D eigenvalue weighted by Crippen LogP contribution is -1.68. The lowest BCUT2D eigenvalue weighted by atomic mass is 10.4. The monoisotopic (exact) mass is 414 g/mol. The van der Waals surface area contributed by atoms with E-state index in [1.165, 1.54) is 12.8 Å². The van der Waals surface area contributed by atoms with Crippen LogP contribution in [0, 0.1) is 13.8 Å². The number of aryl methyl sites for hydroxylation is 2. The van der Waals surface area contributed by atoms with Crippen LogP contribution in [0.5, 0.6) is 0 Å². The van der Waals surface area contributed by atoms with E-state index in [2.05, 4.69) is 47.7 Å². The molecule has 13 heteroatoms. The smallest absolute Gasteiger partial charge is 0.319 e. The highest BCUT2D eigenvalue weighted by Gasteiger charge is 1.92. The molecule has 1 heterocycles. The third-order valence-corrected chi connectivity index (χ3v) is 1.13. The van der Waals surface area contributed by atoms with Gasteiger partial charge in [-0.15, -0.1) is 10.2 Å². The number of rotatable bonds is 1. The summed E-state index contributed by atoms with van der Waals surface area (Å²) in [7, 11) is 0. The largest absolute Gasteiger partial charge is 0.426 e. The molecule has 23 heavy (non-hydrogen) atoms. The van der Waals surface area contributed by atoms with E-state index in [-0.39, 0.29) is 0 Å². The van der Waals surface area contributed by atoms with Gasteiger partial charge in [0.1, 0.15) is 0 Å². The van der Waals surface area contributed by atoms with Crippen molar-refractivity contribution in [2.45, 2.75) is 54.4 Å². The van der Waals surface area contributed by atoms with Gasteiger partial charge in [0.25, 0.3) is 0 Å². The van der Waals surface area contributed by atoms with Crippen LogP contribution in [-0.2, 0) is 23.6 Å². The summed E-state index contributed by atoms with van der Waals surface area (Å²) in [5.74, 6) is 1.25. The number of aromatic nitrogens is 2. The van der Waals surface area contributed by atoms with Gasteiger partial charge in [-0.2, -0.15) is 0 Å². The predicted molar refractivity (Wildman–Crippen MR) is 97.6 cm³/mol. The first-order valence-electron chi connectivity index (χ1n) is 6.53. The number of nitrogens with zero attached hydrogens (tertiary/aromatic N) is 2. The Hall–Kier alpha value is 0.200. The number of unbranched alkanes of at least 4 members (excludes halogenated alkanes) is 1.